The van der Waals surface area contributed by atoms with Crippen LogP contribution < -0.4 is 9.47 Å². The lowest BCUT2D eigenvalue weighted by Gasteiger charge is -2.34. The van der Waals surface area contributed by atoms with E-state index in [0.717, 1.165) is 38.3 Å². The zero-order chi connectivity index (χ0) is 17.6. The second-order valence-corrected chi connectivity index (χ2v) is 6.01. The normalized spacial score (nSPS) is 15.0. The number of piperazine rings is 1. The molecular weight excluding hydrogens is 318 g/mol. The maximum atomic E-state index is 12.6. The molecule has 2 aromatic rings. The third-order valence-electron chi connectivity index (χ3n) is 4.39. The highest BCUT2D eigenvalue weighted by molar-refractivity contribution is 5.94. The smallest absolute Gasteiger partial charge is 0.254 e. The summed E-state index contributed by atoms with van der Waals surface area (Å²) in [5, 5.41) is 0. The van der Waals surface area contributed by atoms with Gasteiger partial charge in [-0.2, -0.15) is 0 Å². The zero-order valence-electron chi connectivity index (χ0n) is 14.6. The molecular formula is C19H23N3O3. The number of benzene rings is 1. The summed E-state index contributed by atoms with van der Waals surface area (Å²) in [6, 6.07) is 11.2. The van der Waals surface area contributed by atoms with Crippen molar-refractivity contribution in [2.24, 2.45) is 0 Å². The fourth-order valence-corrected chi connectivity index (χ4v) is 2.93. The van der Waals surface area contributed by atoms with Gasteiger partial charge in [-0.1, -0.05) is 12.1 Å². The Hall–Kier alpha value is -2.60. The minimum absolute atomic E-state index is 0.0599. The van der Waals surface area contributed by atoms with Crippen LogP contribution in [0.25, 0.3) is 0 Å². The van der Waals surface area contributed by atoms with Crippen LogP contribution in [0.4, 0.5) is 0 Å². The monoisotopic (exact) mass is 341 g/mol. The second-order valence-electron chi connectivity index (χ2n) is 6.01. The highest BCUT2D eigenvalue weighted by Crippen LogP contribution is 2.16. The largest absolute Gasteiger partial charge is 0.497 e. The van der Waals surface area contributed by atoms with Crippen LogP contribution in [-0.4, -0.2) is 61.1 Å². The Bertz CT molecular complexity index is 710. The molecule has 25 heavy (non-hydrogen) atoms. The lowest BCUT2D eigenvalue weighted by atomic mass is 10.1. The molecule has 1 aliphatic rings. The maximum Gasteiger partial charge on any atom is 0.254 e. The van der Waals surface area contributed by atoms with Crippen molar-refractivity contribution in [1.29, 1.82) is 0 Å². The van der Waals surface area contributed by atoms with E-state index in [-0.39, 0.29) is 5.91 Å². The molecule has 132 valence electrons. The second kappa shape index (κ2) is 7.98. The van der Waals surface area contributed by atoms with E-state index in [4.69, 9.17) is 9.47 Å². The van der Waals surface area contributed by atoms with Crippen LogP contribution >= 0.6 is 0 Å². The van der Waals surface area contributed by atoms with E-state index in [2.05, 4.69) is 9.88 Å². The SMILES string of the molecule is COc1cccc(C(=O)N2CCN(Cc3ccc(OC)nc3)CC2)c1. The molecule has 0 radical (unpaired) electrons. The number of ether oxygens (including phenoxy) is 2. The fraction of sp³-hybridized carbons (Fsp3) is 0.368. The molecule has 1 amide bonds. The first kappa shape index (κ1) is 17.2. The zero-order valence-corrected chi connectivity index (χ0v) is 14.6. The van der Waals surface area contributed by atoms with Gasteiger partial charge in [0.05, 0.1) is 14.2 Å². The summed E-state index contributed by atoms with van der Waals surface area (Å²) in [7, 11) is 3.22. The first-order valence-corrected chi connectivity index (χ1v) is 8.34. The molecule has 0 aliphatic carbocycles. The van der Waals surface area contributed by atoms with E-state index in [9.17, 15) is 4.79 Å². The number of amides is 1. The minimum Gasteiger partial charge on any atom is -0.497 e. The van der Waals surface area contributed by atoms with Crippen molar-refractivity contribution in [1.82, 2.24) is 14.8 Å². The lowest BCUT2D eigenvalue weighted by molar-refractivity contribution is 0.0628. The molecule has 0 saturated carbocycles. The lowest BCUT2D eigenvalue weighted by Crippen LogP contribution is -2.48. The van der Waals surface area contributed by atoms with Gasteiger partial charge in [0, 0.05) is 50.6 Å². The van der Waals surface area contributed by atoms with Crippen molar-refractivity contribution in [2.75, 3.05) is 40.4 Å². The number of nitrogens with zero attached hydrogens (tertiary/aromatic N) is 3. The Balaban J connectivity index is 1.54. The average Bonchev–Trinajstić information content (AvgIpc) is 2.68. The summed E-state index contributed by atoms with van der Waals surface area (Å²) < 4.78 is 10.3. The Kier molecular flexibility index (Phi) is 5.50. The molecule has 0 spiro atoms. The van der Waals surface area contributed by atoms with Gasteiger partial charge in [-0.05, 0) is 23.8 Å². The number of carbonyl (C=O) groups is 1. The quantitative estimate of drug-likeness (QED) is 0.833. The van der Waals surface area contributed by atoms with Gasteiger partial charge >= 0.3 is 0 Å². The summed E-state index contributed by atoms with van der Waals surface area (Å²) in [5.74, 6) is 1.39. The van der Waals surface area contributed by atoms with E-state index in [0.29, 0.717) is 17.2 Å². The molecule has 1 fully saturated rings. The number of aromatic nitrogens is 1. The number of carbonyl (C=O) groups excluding carboxylic acids is 1. The highest BCUT2D eigenvalue weighted by Gasteiger charge is 2.22. The van der Waals surface area contributed by atoms with Crippen molar-refractivity contribution in [2.45, 2.75) is 6.54 Å². The van der Waals surface area contributed by atoms with E-state index < -0.39 is 0 Å². The number of methoxy groups -OCH3 is 2. The molecule has 0 N–H and O–H groups in total. The van der Waals surface area contributed by atoms with Crippen molar-refractivity contribution in [3.05, 3.63) is 53.7 Å². The molecule has 1 aliphatic heterocycles. The van der Waals surface area contributed by atoms with Crippen LogP contribution in [0.2, 0.25) is 0 Å². The van der Waals surface area contributed by atoms with Crippen molar-refractivity contribution >= 4 is 5.91 Å². The summed E-state index contributed by atoms with van der Waals surface area (Å²) in [5.41, 5.74) is 1.82. The number of rotatable bonds is 5. The van der Waals surface area contributed by atoms with Gasteiger partial charge < -0.3 is 14.4 Å². The molecule has 2 heterocycles. The van der Waals surface area contributed by atoms with Crippen molar-refractivity contribution in [3.8, 4) is 11.6 Å². The van der Waals surface area contributed by atoms with Gasteiger partial charge in [-0.3, -0.25) is 9.69 Å². The number of pyridine rings is 1. The van der Waals surface area contributed by atoms with E-state index in [1.54, 1.807) is 20.3 Å². The summed E-state index contributed by atoms with van der Waals surface area (Å²) >= 11 is 0. The van der Waals surface area contributed by atoms with Crippen LogP contribution in [-0.2, 0) is 6.54 Å². The molecule has 1 aromatic heterocycles. The minimum atomic E-state index is 0.0599. The Morgan fingerprint density at radius 1 is 1.08 bits per heavy atom. The van der Waals surface area contributed by atoms with E-state index >= 15 is 0 Å². The molecule has 6 nitrogen and oxygen atoms in total. The number of hydrogen-bond acceptors (Lipinski definition) is 5. The Morgan fingerprint density at radius 3 is 2.52 bits per heavy atom. The third kappa shape index (κ3) is 4.28. The molecule has 0 unspecified atom stereocenters. The van der Waals surface area contributed by atoms with Crippen molar-refractivity contribution < 1.29 is 14.3 Å². The summed E-state index contributed by atoms with van der Waals surface area (Å²) in [6.07, 6.45) is 1.84. The van der Waals surface area contributed by atoms with Crippen LogP contribution in [0.1, 0.15) is 15.9 Å². The fourth-order valence-electron chi connectivity index (χ4n) is 2.93. The van der Waals surface area contributed by atoms with Gasteiger partial charge in [-0.25, -0.2) is 4.98 Å². The molecule has 6 heteroatoms. The van der Waals surface area contributed by atoms with Gasteiger partial charge in [0.1, 0.15) is 5.75 Å². The standard InChI is InChI=1S/C19H23N3O3/c1-24-17-5-3-4-16(12-17)19(23)22-10-8-21(9-11-22)14-15-6-7-18(25-2)20-13-15/h3-7,12-13H,8-11,14H2,1-2H3. The molecule has 0 atom stereocenters. The average molecular weight is 341 g/mol. The molecule has 3 rings (SSSR count). The topological polar surface area (TPSA) is 54.9 Å². The highest BCUT2D eigenvalue weighted by atomic mass is 16.5. The van der Waals surface area contributed by atoms with Gasteiger partial charge in [-0.15, -0.1) is 0 Å². The predicted octanol–water partition coefficient (Wildman–Crippen LogP) is 2.06. The van der Waals surface area contributed by atoms with Crippen LogP contribution in [0, 0.1) is 0 Å². The van der Waals surface area contributed by atoms with E-state index in [1.807, 2.05) is 41.4 Å². The molecule has 1 aromatic carbocycles. The molecule has 0 bridgehead atoms. The maximum absolute atomic E-state index is 12.6. The van der Waals surface area contributed by atoms with E-state index in [1.165, 1.54) is 0 Å². The van der Waals surface area contributed by atoms with Crippen LogP contribution in [0.5, 0.6) is 11.6 Å². The predicted molar refractivity (Wildman–Crippen MR) is 95.0 cm³/mol. The van der Waals surface area contributed by atoms with Gasteiger partial charge in [0.25, 0.3) is 5.91 Å². The van der Waals surface area contributed by atoms with Gasteiger partial charge in [0.15, 0.2) is 0 Å². The summed E-state index contributed by atoms with van der Waals surface area (Å²) in [6.45, 7) is 3.97. The third-order valence-corrected chi connectivity index (χ3v) is 4.39. The Labute approximate surface area is 148 Å². The van der Waals surface area contributed by atoms with Crippen molar-refractivity contribution in [3.63, 3.8) is 0 Å². The number of hydrogen-bond donors (Lipinski definition) is 0. The first-order chi connectivity index (χ1) is 12.2. The van der Waals surface area contributed by atoms with Gasteiger partial charge in [0.2, 0.25) is 5.88 Å². The molecule has 1 saturated heterocycles. The first-order valence-electron chi connectivity index (χ1n) is 8.34. The van der Waals surface area contributed by atoms with Crippen LogP contribution in [0.3, 0.4) is 0 Å². The summed E-state index contributed by atoms with van der Waals surface area (Å²) in [4.78, 5) is 21.1. The van der Waals surface area contributed by atoms with Crippen LogP contribution in [0.15, 0.2) is 42.6 Å². The Morgan fingerprint density at radius 2 is 1.88 bits per heavy atom.